The average Bonchev–Trinajstić information content (AvgIpc) is 2.26. The van der Waals surface area contributed by atoms with Crippen molar-refractivity contribution in [3.05, 3.63) is 0 Å². The van der Waals surface area contributed by atoms with Crippen LogP contribution in [0.25, 0.3) is 0 Å². The maximum Gasteiger partial charge on any atom is 0.0592 e. The third-order valence-electron chi connectivity index (χ3n) is 3.04. The monoisotopic (exact) mass is 243 g/mol. The molecule has 0 spiro atoms. The Kier molecular flexibility index (Phi) is 11.5. The normalized spacial score (nSPS) is 12.6. The van der Waals surface area contributed by atoms with Crippen LogP contribution in [0.2, 0.25) is 0 Å². The highest BCUT2D eigenvalue weighted by atomic mass is 16.4. The molecule has 0 aliphatic heterocycles. The highest BCUT2D eigenvalue weighted by Crippen LogP contribution is 2.11. The van der Waals surface area contributed by atoms with Crippen LogP contribution >= 0.6 is 0 Å². The molecule has 3 heteroatoms. The van der Waals surface area contributed by atoms with Gasteiger partial charge in [0.05, 0.1) is 6.10 Å². The van der Waals surface area contributed by atoms with E-state index in [1.54, 1.807) is 0 Å². The Bertz CT molecular complexity index is 180. The quantitative estimate of drug-likeness (QED) is 0.535. The molecule has 0 radical (unpaired) electrons. The van der Waals surface area contributed by atoms with Gasteiger partial charge in [-0.05, 0) is 6.42 Å². The Labute approximate surface area is 105 Å². The first-order valence-electron chi connectivity index (χ1n) is 7.04. The van der Waals surface area contributed by atoms with Gasteiger partial charge >= 0.3 is 0 Å². The molecule has 102 valence electrons. The third-order valence-corrected chi connectivity index (χ3v) is 3.04. The van der Waals surface area contributed by atoms with E-state index in [0.29, 0.717) is 6.42 Å². The first-order chi connectivity index (χ1) is 8.16. The molecule has 0 aliphatic carbocycles. The molecular weight excluding hydrogens is 216 g/mol. The van der Waals surface area contributed by atoms with Crippen molar-refractivity contribution in [1.29, 1.82) is 0 Å². The van der Waals surface area contributed by atoms with Crippen molar-refractivity contribution < 1.29 is 15.0 Å². The summed E-state index contributed by atoms with van der Waals surface area (Å²) in [7, 11) is 0. The molecule has 0 rings (SSSR count). The molecule has 0 heterocycles. The topological polar surface area (TPSA) is 60.4 Å². The Morgan fingerprint density at radius 1 is 1.00 bits per heavy atom. The van der Waals surface area contributed by atoms with Crippen LogP contribution in [-0.4, -0.2) is 17.2 Å². The molecule has 1 N–H and O–H groups in total. The Hall–Kier alpha value is -0.570. The molecule has 0 bridgehead atoms. The molecule has 0 unspecified atom stereocenters. The smallest absolute Gasteiger partial charge is 0.0592 e. The lowest BCUT2D eigenvalue weighted by Gasteiger charge is -2.10. The number of carbonyl (C=O) groups is 1. The van der Waals surface area contributed by atoms with E-state index >= 15 is 0 Å². The predicted octanol–water partition coefficient (Wildman–Crippen LogP) is 2.41. The van der Waals surface area contributed by atoms with Gasteiger partial charge < -0.3 is 15.0 Å². The minimum absolute atomic E-state index is 0.225. The summed E-state index contributed by atoms with van der Waals surface area (Å²) >= 11 is 0. The van der Waals surface area contributed by atoms with E-state index in [9.17, 15) is 15.0 Å². The number of aliphatic hydroxyl groups excluding tert-OH is 1. The molecule has 1 atom stereocenters. The molecule has 0 aromatic rings. The Morgan fingerprint density at radius 3 is 1.94 bits per heavy atom. The van der Waals surface area contributed by atoms with Crippen LogP contribution in [-0.2, 0) is 4.79 Å². The fourth-order valence-corrected chi connectivity index (χ4v) is 1.99. The lowest BCUT2D eigenvalue weighted by atomic mass is 10.0. The van der Waals surface area contributed by atoms with E-state index < -0.39 is 12.1 Å². The predicted molar refractivity (Wildman–Crippen MR) is 67.5 cm³/mol. The summed E-state index contributed by atoms with van der Waals surface area (Å²) in [6.07, 6.45) is 10.7. The van der Waals surface area contributed by atoms with Crippen LogP contribution in [0.1, 0.15) is 77.6 Å². The Balaban J connectivity index is 3.10. The van der Waals surface area contributed by atoms with Gasteiger partial charge in [0.1, 0.15) is 0 Å². The summed E-state index contributed by atoms with van der Waals surface area (Å²) in [6, 6.07) is 0. The van der Waals surface area contributed by atoms with Gasteiger partial charge in [0.2, 0.25) is 0 Å². The number of hydrogen-bond donors (Lipinski definition) is 1. The molecule has 0 aromatic carbocycles. The zero-order chi connectivity index (χ0) is 12.9. The average molecular weight is 243 g/mol. The van der Waals surface area contributed by atoms with Crippen molar-refractivity contribution in [2.45, 2.75) is 83.7 Å². The maximum atomic E-state index is 10.2. The van der Waals surface area contributed by atoms with Crippen LogP contribution in [0.3, 0.4) is 0 Å². The zero-order valence-corrected chi connectivity index (χ0v) is 11.1. The SMILES string of the molecule is CCCCCCCCCCC[C@H](O)CC(=O)[O-]. The van der Waals surface area contributed by atoms with Gasteiger partial charge in [-0.25, -0.2) is 0 Å². The van der Waals surface area contributed by atoms with E-state index in [1.165, 1.54) is 44.9 Å². The maximum absolute atomic E-state index is 10.2. The van der Waals surface area contributed by atoms with Crippen LogP contribution in [0.15, 0.2) is 0 Å². The van der Waals surface area contributed by atoms with Gasteiger partial charge in [-0.2, -0.15) is 0 Å². The summed E-state index contributed by atoms with van der Waals surface area (Å²) in [4.78, 5) is 10.2. The van der Waals surface area contributed by atoms with Crippen molar-refractivity contribution in [2.75, 3.05) is 0 Å². The number of rotatable bonds is 12. The van der Waals surface area contributed by atoms with Gasteiger partial charge in [0.15, 0.2) is 0 Å². The van der Waals surface area contributed by atoms with E-state index in [-0.39, 0.29) is 6.42 Å². The molecular formula is C14H27O3-. The largest absolute Gasteiger partial charge is 0.550 e. The minimum Gasteiger partial charge on any atom is -0.550 e. The molecule has 0 aliphatic rings. The number of carbonyl (C=O) groups excluding carboxylic acids is 1. The summed E-state index contributed by atoms with van der Waals surface area (Å²) in [5, 5.41) is 19.5. The first kappa shape index (κ1) is 16.4. The number of carboxylic acids is 1. The molecule has 3 nitrogen and oxygen atoms in total. The van der Waals surface area contributed by atoms with Gasteiger partial charge in [0, 0.05) is 12.4 Å². The van der Waals surface area contributed by atoms with Crippen molar-refractivity contribution in [1.82, 2.24) is 0 Å². The Morgan fingerprint density at radius 2 is 1.47 bits per heavy atom. The van der Waals surface area contributed by atoms with Crippen LogP contribution < -0.4 is 5.11 Å². The van der Waals surface area contributed by atoms with Crippen molar-refractivity contribution >= 4 is 5.97 Å². The fourth-order valence-electron chi connectivity index (χ4n) is 1.99. The van der Waals surface area contributed by atoms with Crippen LogP contribution in [0.4, 0.5) is 0 Å². The van der Waals surface area contributed by atoms with Gasteiger partial charge in [0.25, 0.3) is 0 Å². The highest BCUT2D eigenvalue weighted by molar-refractivity contribution is 5.64. The zero-order valence-electron chi connectivity index (χ0n) is 11.1. The second-order valence-electron chi connectivity index (χ2n) is 4.85. The highest BCUT2D eigenvalue weighted by Gasteiger charge is 2.03. The van der Waals surface area contributed by atoms with E-state index in [1.807, 2.05) is 0 Å². The fraction of sp³-hybridized carbons (Fsp3) is 0.929. The summed E-state index contributed by atoms with van der Waals surface area (Å²) < 4.78 is 0. The molecule has 0 aromatic heterocycles. The van der Waals surface area contributed by atoms with Gasteiger partial charge in [-0.3, -0.25) is 0 Å². The number of unbranched alkanes of at least 4 members (excludes halogenated alkanes) is 8. The lowest BCUT2D eigenvalue weighted by molar-refractivity contribution is -0.307. The van der Waals surface area contributed by atoms with E-state index in [2.05, 4.69) is 6.92 Å². The lowest BCUT2D eigenvalue weighted by Crippen LogP contribution is -2.27. The van der Waals surface area contributed by atoms with E-state index in [4.69, 9.17) is 0 Å². The second kappa shape index (κ2) is 11.9. The first-order valence-corrected chi connectivity index (χ1v) is 7.04. The third kappa shape index (κ3) is 13.4. The summed E-state index contributed by atoms with van der Waals surface area (Å²) in [6.45, 7) is 2.22. The minimum atomic E-state index is -1.16. The number of hydrogen-bond acceptors (Lipinski definition) is 3. The second-order valence-corrected chi connectivity index (χ2v) is 4.85. The van der Waals surface area contributed by atoms with E-state index in [0.717, 1.165) is 12.8 Å². The van der Waals surface area contributed by atoms with Crippen molar-refractivity contribution in [3.8, 4) is 0 Å². The summed E-state index contributed by atoms with van der Waals surface area (Å²) in [5.41, 5.74) is 0. The molecule has 0 amide bonds. The molecule has 17 heavy (non-hydrogen) atoms. The van der Waals surface area contributed by atoms with Gasteiger partial charge in [-0.15, -0.1) is 0 Å². The van der Waals surface area contributed by atoms with Crippen LogP contribution in [0.5, 0.6) is 0 Å². The standard InChI is InChI=1S/C14H28O3/c1-2-3-4-5-6-7-8-9-10-11-13(15)12-14(16)17/h13,15H,2-12H2,1H3,(H,16,17)/p-1/t13-/m0/s1. The summed E-state index contributed by atoms with van der Waals surface area (Å²) in [5.74, 6) is -1.16. The molecule has 0 fully saturated rings. The number of aliphatic carboxylic acids is 1. The number of carboxylic acid groups (broad SMARTS) is 1. The van der Waals surface area contributed by atoms with Gasteiger partial charge in [-0.1, -0.05) is 64.7 Å². The van der Waals surface area contributed by atoms with Crippen molar-refractivity contribution in [2.24, 2.45) is 0 Å². The molecule has 0 saturated carbocycles. The van der Waals surface area contributed by atoms with Crippen LogP contribution in [0, 0.1) is 0 Å². The molecule has 0 saturated heterocycles. The number of aliphatic hydroxyl groups is 1. The van der Waals surface area contributed by atoms with Crippen molar-refractivity contribution in [3.63, 3.8) is 0 Å².